The minimum atomic E-state index is -9.68. The van der Waals surface area contributed by atoms with Gasteiger partial charge in [0.2, 0.25) is 0 Å². The van der Waals surface area contributed by atoms with Crippen molar-refractivity contribution in [3.05, 3.63) is 24.3 Å². The number of carbonyl (C=O) groups excluding carboxylic acids is 1. The summed E-state index contributed by atoms with van der Waals surface area (Å²) in [5.41, 5.74) is -0.807. The van der Waals surface area contributed by atoms with E-state index in [4.69, 9.17) is 4.74 Å². The van der Waals surface area contributed by atoms with E-state index >= 15 is 0 Å². The minimum absolute atomic E-state index is 0.206. The maximum Gasteiger partial charge on any atom is 0.316 e. The summed E-state index contributed by atoms with van der Waals surface area (Å²) in [5, 5.41) is 0. The molecule has 116 valence electrons. The van der Waals surface area contributed by atoms with Gasteiger partial charge < -0.3 is 4.74 Å². The van der Waals surface area contributed by atoms with Crippen molar-refractivity contribution in [3.63, 3.8) is 0 Å². The third-order valence-electron chi connectivity index (χ3n) is 2.92. The Balaban J connectivity index is 2.98. The van der Waals surface area contributed by atoms with E-state index in [1.807, 2.05) is 0 Å². The molecule has 0 bridgehead atoms. The Morgan fingerprint density at radius 3 is 1.90 bits per heavy atom. The lowest BCUT2D eigenvalue weighted by Gasteiger charge is -2.40. The van der Waals surface area contributed by atoms with Gasteiger partial charge in [-0.1, -0.05) is 26.4 Å². The highest BCUT2D eigenvalue weighted by Gasteiger charge is 2.65. The van der Waals surface area contributed by atoms with Crippen LogP contribution in [0.25, 0.3) is 0 Å². The summed E-state index contributed by atoms with van der Waals surface area (Å²) >= 11 is 0. The molecule has 0 spiro atoms. The summed E-state index contributed by atoms with van der Waals surface area (Å²) in [7, 11) is -9.68. The molecule has 0 saturated carbocycles. The molecule has 1 aromatic rings. The standard InChI is InChI=1S/C12H15F5O2S/c1-4-12(2,3)11(18)19-9-5-7-10(8-6-9)20(13,14,15,16)17/h5-8H,4H2,1-3H3. The molecule has 0 saturated heterocycles. The third-order valence-corrected chi connectivity index (χ3v) is 4.08. The fourth-order valence-electron chi connectivity index (χ4n) is 1.15. The topological polar surface area (TPSA) is 26.3 Å². The van der Waals surface area contributed by atoms with Crippen LogP contribution in [-0.2, 0) is 4.79 Å². The van der Waals surface area contributed by atoms with Gasteiger partial charge in [0.15, 0.2) is 0 Å². The van der Waals surface area contributed by atoms with Crippen LogP contribution >= 0.6 is 10.2 Å². The van der Waals surface area contributed by atoms with Crippen LogP contribution < -0.4 is 4.74 Å². The molecule has 0 aliphatic heterocycles. The number of carbonyl (C=O) groups is 1. The van der Waals surface area contributed by atoms with Gasteiger partial charge in [0.05, 0.1) is 5.41 Å². The van der Waals surface area contributed by atoms with Crippen molar-refractivity contribution >= 4 is 16.2 Å². The lowest BCUT2D eigenvalue weighted by molar-refractivity contribution is -0.144. The molecule has 0 aliphatic rings. The van der Waals surface area contributed by atoms with Crippen LogP contribution in [-0.4, -0.2) is 5.97 Å². The summed E-state index contributed by atoms with van der Waals surface area (Å²) in [6.45, 7) is 4.97. The highest BCUT2D eigenvalue weighted by atomic mass is 32.5. The summed E-state index contributed by atoms with van der Waals surface area (Å²) in [6.07, 6.45) is 0.468. The Morgan fingerprint density at radius 1 is 1.10 bits per heavy atom. The quantitative estimate of drug-likeness (QED) is 0.405. The molecular weight excluding hydrogens is 303 g/mol. The first-order valence-corrected chi connectivity index (χ1v) is 7.67. The Morgan fingerprint density at radius 2 is 1.55 bits per heavy atom. The van der Waals surface area contributed by atoms with Crippen LogP contribution in [0.3, 0.4) is 0 Å². The zero-order valence-corrected chi connectivity index (χ0v) is 11.9. The summed E-state index contributed by atoms with van der Waals surface area (Å²) in [4.78, 5) is 9.67. The summed E-state index contributed by atoms with van der Waals surface area (Å²) in [6, 6.07) is 1.83. The number of esters is 1. The molecule has 0 heterocycles. The molecule has 0 aromatic heterocycles. The van der Waals surface area contributed by atoms with E-state index in [0.29, 0.717) is 18.6 Å². The van der Waals surface area contributed by atoms with E-state index < -0.39 is 26.5 Å². The average molecular weight is 318 g/mol. The molecule has 0 atom stereocenters. The molecule has 2 nitrogen and oxygen atoms in total. The molecule has 0 fully saturated rings. The first kappa shape index (κ1) is 16.7. The van der Waals surface area contributed by atoms with Gasteiger partial charge in [-0.2, -0.15) is 0 Å². The molecular formula is C12H15F5O2S. The molecule has 0 aliphatic carbocycles. The van der Waals surface area contributed by atoms with Crippen molar-refractivity contribution < 1.29 is 29.0 Å². The number of hydrogen-bond acceptors (Lipinski definition) is 2. The van der Waals surface area contributed by atoms with Crippen molar-refractivity contribution in [1.82, 2.24) is 0 Å². The second-order valence-electron chi connectivity index (χ2n) is 5.07. The van der Waals surface area contributed by atoms with Gasteiger partial charge in [0.25, 0.3) is 0 Å². The summed E-state index contributed by atoms with van der Waals surface area (Å²) < 4.78 is 67.3. The van der Waals surface area contributed by atoms with Gasteiger partial charge in [-0.25, -0.2) is 0 Å². The molecule has 0 radical (unpaired) electrons. The van der Waals surface area contributed by atoms with E-state index in [1.54, 1.807) is 20.8 Å². The monoisotopic (exact) mass is 318 g/mol. The normalized spacial score (nSPS) is 16.2. The van der Waals surface area contributed by atoms with Gasteiger partial charge >= 0.3 is 16.2 Å². The Labute approximate surface area is 113 Å². The van der Waals surface area contributed by atoms with Gasteiger partial charge in [-0.3, -0.25) is 4.79 Å². The van der Waals surface area contributed by atoms with Crippen LogP contribution in [0.5, 0.6) is 5.75 Å². The second-order valence-corrected chi connectivity index (χ2v) is 7.48. The Hall–Kier alpha value is -1.31. The molecule has 0 N–H and O–H groups in total. The Bertz CT molecular complexity index is 519. The van der Waals surface area contributed by atoms with E-state index in [1.165, 1.54) is 0 Å². The largest absolute Gasteiger partial charge is 0.426 e. The SMILES string of the molecule is CCC(C)(C)C(=O)Oc1ccc(S(F)(F)(F)(F)F)cc1. The minimum Gasteiger partial charge on any atom is -0.426 e. The highest BCUT2D eigenvalue weighted by Crippen LogP contribution is 3.02. The van der Waals surface area contributed by atoms with Crippen LogP contribution in [0.15, 0.2) is 29.2 Å². The predicted molar refractivity (Wildman–Crippen MR) is 67.5 cm³/mol. The lowest BCUT2D eigenvalue weighted by atomic mass is 9.91. The van der Waals surface area contributed by atoms with E-state index in [0.717, 1.165) is 0 Å². The molecule has 20 heavy (non-hydrogen) atoms. The fourth-order valence-corrected chi connectivity index (χ4v) is 1.80. The Kier molecular flexibility index (Phi) is 3.43. The van der Waals surface area contributed by atoms with Crippen molar-refractivity contribution in [2.45, 2.75) is 32.1 Å². The van der Waals surface area contributed by atoms with Gasteiger partial charge in [0, 0.05) is 0 Å². The first-order valence-electron chi connectivity index (χ1n) is 5.72. The molecule has 0 unspecified atom stereocenters. The van der Waals surface area contributed by atoms with Gasteiger partial charge in [-0.05, 0) is 44.5 Å². The zero-order valence-electron chi connectivity index (χ0n) is 11.1. The second kappa shape index (κ2) is 4.09. The predicted octanol–water partition coefficient (Wildman–Crippen LogP) is 5.69. The molecule has 1 aromatic carbocycles. The van der Waals surface area contributed by atoms with Gasteiger partial charge in [-0.15, -0.1) is 0 Å². The van der Waals surface area contributed by atoms with Crippen molar-refractivity contribution in [3.8, 4) is 5.75 Å². The number of rotatable bonds is 4. The first-order chi connectivity index (χ1) is 8.65. The van der Waals surface area contributed by atoms with E-state index in [-0.39, 0.29) is 17.9 Å². The third kappa shape index (κ3) is 4.09. The van der Waals surface area contributed by atoms with Crippen LogP contribution in [0.2, 0.25) is 0 Å². The fraction of sp³-hybridized carbons (Fsp3) is 0.417. The van der Waals surface area contributed by atoms with E-state index in [2.05, 4.69) is 0 Å². The number of halogens is 5. The van der Waals surface area contributed by atoms with E-state index in [9.17, 15) is 24.2 Å². The van der Waals surface area contributed by atoms with Crippen molar-refractivity contribution in [2.24, 2.45) is 5.41 Å². The smallest absolute Gasteiger partial charge is 0.316 e. The molecule has 1 rings (SSSR count). The van der Waals surface area contributed by atoms with Crippen molar-refractivity contribution in [1.29, 1.82) is 0 Å². The zero-order chi connectivity index (χ0) is 15.9. The maximum absolute atomic E-state index is 12.5. The number of hydrogen-bond donors (Lipinski definition) is 0. The highest BCUT2D eigenvalue weighted by molar-refractivity contribution is 8.45. The molecule has 8 heteroatoms. The molecule has 0 amide bonds. The van der Waals surface area contributed by atoms with Crippen LogP contribution in [0.1, 0.15) is 27.2 Å². The van der Waals surface area contributed by atoms with Crippen molar-refractivity contribution in [2.75, 3.05) is 0 Å². The van der Waals surface area contributed by atoms with Crippen LogP contribution in [0, 0.1) is 5.41 Å². The van der Waals surface area contributed by atoms with Gasteiger partial charge in [0.1, 0.15) is 10.6 Å². The number of benzene rings is 1. The lowest BCUT2D eigenvalue weighted by Crippen LogP contribution is -2.28. The number of ether oxygens (including phenoxy) is 1. The van der Waals surface area contributed by atoms with Crippen LogP contribution in [0.4, 0.5) is 19.4 Å². The summed E-state index contributed by atoms with van der Waals surface area (Å²) in [5.74, 6) is -0.845. The maximum atomic E-state index is 12.5. The average Bonchev–Trinajstić information content (AvgIpc) is 2.26.